The van der Waals surface area contributed by atoms with E-state index in [2.05, 4.69) is 15.4 Å². The highest BCUT2D eigenvalue weighted by Crippen LogP contribution is 2.14. The van der Waals surface area contributed by atoms with Gasteiger partial charge in [-0.2, -0.15) is 5.10 Å². The van der Waals surface area contributed by atoms with Crippen LogP contribution in [0.25, 0.3) is 0 Å². The van der Waals surface area contributed by atoms with Gasteiger partial charge < -0.3 is 11.1 Å². The van der Waals surface area contributed by atoms with Gasteiger partial charge in [-0.05, 0) is 19.1 Å². The Labute approximate surface area is 109 Å². The lowest BCUT2D eigenvalue weighted by Crippen LogP contribution is -2.19. The van der Waals surface area contributed by atoms with Crippen LogP contribution in [0.15, 0.2) is 24.5 Å². The molecule has 2 aromatic heterocycles. The highest BCUT2D eigenvalue weighted by Gasteiger charge is 2.16. The van der Waals surface area contributed by atoms with Crippen molar-refractivity contribution in [3.63, 3.8) is 0 Å². The van der Waals surface area contributed by atoms with E-state index in [0.717, 1.165) is 0 Å². The largest absolute Gasteiger partial charge is 0.396 e. The second-order valence-corrected chi connectivity index (χ2v) is 4.02. The minimum absolute atomic E-state index is 0.328. The van der Waals surface area contributed by atoms with Crippen molar-refractivity contribution in [2.45, 2.75) is 13.5 Å². The Morgan fingerprint density at radius 3 is 2.89 bits per heavy atom. The van der Waals surface area contributed by atoms with Crippen molar-refractivity contribution < 1.29 is 4.79 Å². The van der Waals surface area contributed by atoms with Crippen LogP contribution >= 0.6 is 11.6 Å². The van der Waals surface area contributed by atoms with Crippen LogP contribution in [0.5, 0.6) is 0 Å². The molecule has 2 rings (SSSR count). The first-order valence-corrected chi connectivity index (χ1v) is 5.73. The van der Waals surface area contributed by atoms with Gasteiger partial charge in [0.25, 0.3) is 5.91 Å². The summed E-state index contributed by atoms with van der Waals surface area (Å²) < 4.78 is 1.53. The van der Waals surface area contributed by atoms with Gasteiger partial charge in [0.05, 0.1) is 16.9 Å². The maximum Gasteiger partial charge on any atom is 0.277 e. The van der Waals surface area contributed by atoms with Crippen LogP contribution in [0.1, 0.15) is 17.4 Å². The second kappa shape index (κ2) is 5.05. The lowest BCUT2D eigenvalue weighted by molar-refractivity contribution is 0.101. The second-order valence-electron chi connectivity index (χ2n) is 3.58. The number of nitrogens with two attached hydrogens (primary N) is 1. The number of nitrogen functional groups attached to an aromatic ring is 1. The summed E-state index contributed by atoms with van der Waals surface area (Å²) in [4.78, 5) is 16.0. The molecule has 0 aromatic carbocycles. The van der Waals surface area contributed by atoms with Gasteiger partial charge in [0, 0.05) is 12.7 Å². The van der Waals surface area contributed by atoms with E-state index in [-0.39, 0.29) is 5.91 Å². The molecule has 0 spiro atoms. The minimum atomic E-state index is -0.346. The molecule has 6 nitrogen and oxygen atoms in total. The van der Waals surface area contributed by atoms with Crippen molar-refractivity contribution in [1.29, 1.82) is 0 Å². The number of halogens is 1. The fourth-order valence-corrected chi connectivity index (χ4v) is 1.62. The molecule has 3 N–H and O–H groups in total. The summed E-state index contributed by atoms with van der Waals surface area (Å²) in [6.07, 6.45) is 2.91. The van der Waals surface area contributed by atoms with Crippen molar-refractivity contribution in [1.82, 2.24) is 14.8 Å². The number of aryl methyl sites for hydroxylation is 1. The van der Waals surface area contributed by atoms with E-state index in [1.165, 1.54) is 17.1 Å². The Kier molecular flexibility index (Phi) is 3.47. The van der Waals surface area contributed by atoms with Crippen LogP contribution in [0.3, 0.4) is 0 Å². The number of pyridine rings is 1. The molecule has 94 valence electrons. The van der Waals surface area contributed by atoms with E-state index >= 15 is 0 Å². The molecule has 0 fully saturated rings. The molecule has 1 amide bonds. The van der Waals surface area contributed by atoms with Crippen molar-refractivity contribution in [2.24, 2.45) is 0 Å². The summed E-state index contributed by atoms with van der Waals surface area (Å²) in [6.45, 7) is 2.44. The minimum Gasteiger partial charge on any atom is -0.396 e. The molecule has 0 radical (unpaired) electrons. The topological polar surface area (TPSA) is 85.8 Å². The molecule has 0 bridgehead atoms. The quantitative estimate of drug-likeness (QED) is 0.886. The van der Waals surface area contributed by atoms with Crippen LogP contribution in [-0.2, 0) is 6.54 Å². The molecule has 0 saturated heterocycles. The zero-order valence-electron chi connectivity index (χ0n) is 9.72. The molecule has 2 heterocycles. The average molecular weight is 266 g/mol. The number of anilines is 2. The van der Waals surface area contributed by atoms with Gasteiger partial charge in [-0.25, -0.2) is 4.98 Å². The van der Waals surface area contributed by atoms with E-state index in [1.54, 1.807) is 12.1 Å². The summed E-state index contributed by atoms with van der Waals surface area (Å²) in [5.41, 5.74) is 6.37. The fourth-order valence-electron chi connectivity index (χ4n) is 1.51. The number of nitrogens with one attached hydrogen (secondary N) is 1. The number of carbonyl (C=O) groups excluding carboxylic acids is 1. The molecule has 2 aromatic rings. The van der Waals surface area contributed by atoms with Gasteiger partial charge in [-0.1, -0.05) is 11.6 Å². The predicted molar refractivity (Wildman–Crippen MR) is 69.5 cm³/mol. The van der Waals surface area contributed by atoms with Crippen LogP contribution < -0.4 is 11.1 Å². The number of amides is 1. The zero-order valence-corrected chi connectivity index (χ0v) is 10.5. The predicted octanol–water partition coefficient (Wildman–Crippen LogP) is 1.79. The number of aromatic nitrogens is 3. The number of rotatable bonds is 3. The number of nitrogens with zero attached hydrogens (tertiary/aromatic N) is 3. The highest BCUT2D eigenvalue weighted by atomic mass is 35.5. The summed E-state index contributed by atoms with van der Waals surface area (Å²) >= 11 is 5.71. The Morgan fingerprint density at radius 1 is 1.50 bits per heavy atom. The standard InChI is InChI=1S/C11H12ClN5O/c1-2-17-10(8(13)6-15-17)11(18)16-9-4-3-7(12)5-14-9/h3-6H,2,13H2,1H3,(H,14,16,18). The molecular weight excluding hydrogens is 254 g/mol. The Bertz CT molecular complexity index is 563. The summed E-state index contributed by atoms with van der Waals surface area (Å²) in [6, 6.07) is 3.26. The smallest absolute Gasteiger partial charge is 0.277 e. The molecule has 7 heteroatoms. The number of hydrogen-bond acceptors (Lipinski definition) is 4. The normalized spacial score (nSPS) is 10.3. The first-order chi connectivity index (χ1) is 8.61. The Morgan fingerprint density at radius 2 is 2.28 bits per heavy atom. The van der Waals surface area contributed by atoms with Gasteiger partial charge in [0.2, 0.25) is 0 Å². The molecule has 18 heavy (non-hydrogen) atoms. The van der Waals surface area contributed by atoms with Crippen molar-refractivity contribution >= 4 is 29.0 Å². The first kappa shape index (κ1) is 12.4. The van der Waals surface area contributed by atoms with E-state index < -0.39 is 0 Å². The number of carbonyl (C=O) groups is 1. The molecule has 0 atom stereocenters. The Hall–Kier alpha value is -2.08. The SMILES string of the molecule is CCn1ncc(N)c1C(=O)Nc1ccc(Cl)cn1. The number of hydrogen-bond donors (Lipinski definition) is 2. The summed E-state index contributed by atoms with van der Waals surface area (Å²) in [5.74, 6) is 0.0642. The van der Waals surface area contributed by atoms with E-state index in [4.69, 9.17) is 17.3 Å². The van der Waals surface area contributed by atoms with Gasteiger partial charge >= 0.3 is 0 Å². The fraction of sp³-hybridized carbons (Fsp3) is 0.182. The maximum atomic E-state index is 12.0. The van der Waals surface area contributed by atoms with Crippen molar-refractivity contribution in [3.8, 4) is 0 Å². The summed E-state index contributed by atoms with van der Waals surface area (Å²) in [7, 11) is 0. The average Bonchev–Trinajstić information content (AvgIpc) is 2.73. The molecule has 0 aliphatic carbocycles. The van der Waals surface area contributed by atoms with Gasteiger partial charge in [0.1, 0.15) is 11.5 Å². The van der Waals surface area contributed by atoms with E-state index in [9.17, 15) is 4.79 Å². The first-order valence-electron chi connectivity index (χ1n) is 5.36. The molecular formula is C11H12ClN5O. The van der Waals surface area contributed by atoms with Crippen LogP contribution in [0, 0.1) is 0 Å². The molecule has 0 aliphatic heterocycles. The molecule has 0 unspecified atom stereocenters. The van der Waals surface area contributed by atoms with Crippen molar-refractivity contribution in [2.75, 3.05) is 11.1 Å². The van der Waals surface area contributed by atoms with Crippen LogP contribution in [0.4, 0.5) is 11.5 Å². The monoisotopic (exact) mass is 265 g/mol. The molecule has 0 saturated carbocycles. The third-order valence-corrected chi connectivity index (χ3v) is 2.57. The third kappa shape index (κ3) is 2.43. The molecule has 0 aliphatic rings. The highest BCUT2D eigenvalue weighted by molar-refractivity contribution is 6.30. The third-order valence-electron chi connectivity index (χ3n) is 2.35. The van der Waals surface area contributed by atoms with Gasteiger partial charge in [0.15, 0.2) is 0 Å². The van der Waals surface area contributed by atoms with E-state index in [1.807, 2.05) is 6.92 Å². The lowest BCUT2D eigenvalue weighted by atomic mass is 10.3. The maximum absolute atomic E-state index is 12.0. The van der Waals surface area contributed by atoms with Crippen molar-refractivity contribution in [3.05, 3.63) is 35.2 Å². The lowest BCUT2D eigenvalue weighted by Gasteiger charge is -2.06. The van der Waals surface area contributed by atoms with Gasteiger partial charge in [-0.3, -0.25) is 9.48 Å². The van der Waals surface area contributed by atoms with Crippen LogP contribution in [0.2, 0.25) is 5.02 Å². The Balaban J connectivity index is 2.21. The van der Waals surface area contributed by atoms with Gasteiger partial charge in [-0.15, -0.1) is 0 Å². The van der Waals surface area contributed by atoms with Crippen LogP contribution in [-0.4, -0.2) is 20.7 Å². The zero-order chi connectivity index (χ0) is 13.1. The van der Waals surface area contributed by atoms with E-state index in [0.29, 0.717) is 28.8 Å². The summed E-state index contributed by atoms with van der Waals surface area (Å²) in [5, 5.41) is 7.14.